The van der Waals surface area contributed by atoms with E-state index in [1.54, 1.807) is 19.9 Å². The number of nitrogens with zero attached hydrogens (tertiary/aromatic N) is 3. The molecule has 2 rings (SSSR count). The summed E-state index contributed by atoms with van der Waals surface area (Å²) < 4.78 is 4.93. The minimum atomic E-state index is -0.427. The molecule has 0 radical (unpaired) electrons. The van der Waals surface area contributed by atoms with Crippen molar-refractivity contribution in [1.29, 1.82) is 0 Å². The van der Waals surface area contributed by atoms with Gasteiger partial charge in [0.25, 0.3) is 0 Å². The highest BCUT2D eigenvalue weighted by Crippen LogP contribution is 2.10. The van der Waals surface area contributed by atoms with E-state index in [2.05, 4.69) is 20.3 Å². The second kappa shape index (κ2) is 7.46. The van der Waals surface area contributed by atoms with Crippen LogP contribution in [-0.2, 0) is 17.9 Å². The summed E-state index contributed by atoms with van der Waals surface area (Å²) in [5, 5.41) is 12.1. The molecule has 0 aliphatic carbocycles. The van der Waals surface area contributed by atoms with E-state index in [4.69, 9.17) is 9.84 Å². The molecule has 22 heavy (non-hydrogen) atoms. The van der Waals surface area contributed by atoms with E-state index < -0.39 is 5.97 Å². The quantitative estimate of drug-likeness (QED) is 0.780. The maximum Gasteiger partial charge on any atom is 0.341 e. The highest BCUT2D eigenvalue weighted by atomic mass is 16.5. The van der Waals surface area contributed by atoms with E-state index in [-0.39, 0.29) is 6.61 Å². The Morgan fingerprint density at radius 1 is 1.32 bits per heavy atom. The van der Waals surface area contributed by atoms with Gasteiger partial charge in [0.05, 0.1) is 42.4 Å². The Balaban J connectivity index is 2.04. The van der Waals surface area contributed by atoms with Gasteiger partial charge in [0.2, 0.25) is 5.95 Å². The van der Waals surface area contributed by atoms with Crippen LogP contribution in [0, 0.1) is 6.92 Å². The normalized spacial score (nSPS) is 10.3. The summed E-state index contributed by atoms with van der Waals surface area (Å²) in [6.07, 6.45) is 1.44. The first-order chi connectivity index (χ1) is 10.6. The summed E-state index contributed by atoms with van der Waals surface area (Å²) in [6, 6.07) is 5.41. The zero-order valence-corrected chi connectivity index (χ0v) is 12.5. The maximum absolute atomic E-state index is 11.7. The number of pyridine rings is 1. The van der Waals surface area contributed by atoms with Gasteiger partial charge in [-0.05, 0) is 26.0 Å². The van der Waals surface area contributed by atoms with E-state index >= 15 is 0 Å². The summed E-state index contributed by atoms with van der Waals surface area (Å²) in [6.45, 7) is 4.11. The van der Waals surface area contributed by atoms with Crippen molar-refractivity contribution in [3.05, 3.63) is 47.0 Å². The van der Waals surface area contributed by atoms with E-state index in [0.29, 0.717) is 36.1 Å². The molecule has 116 valence electrons. The average Bonchev–Trinajstić information content (AvgIpc) is 2.53. The van der Waals surface area contributed by atoms with Crippen molar-refractivity contribution < 1.29 is 14.6 Å². The van der Waals surface area contributed by atoms with Crippen molar-refractivity contribution in [2.24, 2.45) is 0 Å². The predicted molar refractivity (Wildman–Crippen MR) is 80.2 cm³/mol. The van der Waals surface area contributed by atoms with Crippen LogP contribution in [0.1, 0.15) is 34.4 Å². The zero-order chi connectivity index (χ0) is 15.9. The van der Waals surface area contributed by atoms with E-state index in [1.807, 2.05) is 12.1 Å². The van der Waals surface area contributed by atoms with Gasteiger partial charge in [0.1, 0.15) is 0 Å². The predicted octanol–water partition coefficient (Wildman–Crippen LogP) is 1.46. The van der Waals surface area contributed by atoms with Crippen molar-refractivity contribution in [2.45, 2.75) is 27.0 Å². The largest absolute Gasteiger partial charge is 0.462 e. The molecule has 0 aromatic carbocycles. The minimum absolute atomic E-state index is 0.0995. The lowest BCUT2D eigenvalue weighted by Crippen LogP contribution is -2.11. The second-order valence-electron chi connectivity index (χ2n) is 4.55. The number of aliphatic hydroxyl groups is 1. The summed E-state index contributed by atoms with van der Waals surface area (Å²) in [4.78, 5) is 24.3. The number of aromatic nitrogens is 3. The van der Waals surface area contributed by atoms with Crippen LogP contribution in [-0.4, -0.2) is 32.6 Å². The molecule has 0 saturated carbocycles. The number of aryl methyl sites for hydroxylation is 1. The Bertz CT molecular complexity index is 661. The molecule has 0 aliphatic rings. The van der Waals surface area contributed by atoms with E-state index in [1.165, 1.54) is 6.20 Å². The van der Waals surface area contributed by atoms with Gasteiger partial charge in [-0.1, -0.05) is 6.07 Å². The third-order valence-corrected chi connectivity index (χ3v) is 2.93. The maximum atomic E-state index is 11.7. The Hall–Kier alpha value is -2.54. The Morgan fingerprint density at radius 3 is 2.77 bits per heavy atom. The van der Waals surface area contributed by atoms with Gasteiger partial charge in [0.15, 0.2) is 0 Å². The fourth-order valence-electron chi connectivity index (χ4n) is 1.85. The first-order valence-corrected chi connectivity index (χ1v) is 6.94. The molecule has 0 unspecified atom stereocenters. The molecule has 0 bridgehead atoms. The van der Waals surface area contributed by atoms with Crippen LogP contribution in [0.5, 0.6) is 0 Å². The van der Waals surface area contributed by atoms with Crippen molar-refractivity contribution >= 4 is 11.9 Å². The molecule has 7 nitrogen and oxygen atoms in total. The standard InChI is InChI=1S/C15H18N4O3/c1-3-22-14(21)13-8-17-15(18-10(13)2)16-7-11-5-4-6-12(9-20)19-11/h4-6,8,20H,3,7,9H2,1-2H3,(H,16,17,18). The topological polar surface area (TPSA) is 97.2 Å². The lowest BCUT2D eigenvalue weighted by atomic mass is 10.2. The van der Waals surface area contributed by atoms with Gasteiger partial charge in [-0.2, -0.15) is 0 Å². The van der Waals surface area contributed by atoms with Crippen LogP contribution in [0.4, 0.5) is 5.95 Å². The Labute approximate surface area is 128 Å². The molecular weight excluding hydrogens is 284 g/mol. The van der Waals surface area contributed by atoms with Gasteiger partial charge in [-0.15, -0.1) is 0 Å². The molecule has 7 heteroatoms. The zero-order valence-electron chi connectivity index (χ0n) is 12.5. The van der Waals surface area contributed by atoms with Crippen LogP contribution in [0.2, 0.25) is 0 Å². The molecule has 0 saturated heterocycles. The summed E-state index contributed by atoms with van der Waals surface area (Å²) in [5.41, 5.74) is 2.28. The highest BCUT2D eigenvalue weighted by molar-refractivity contribution is 5.90. The number of anilines is 1. The van der Waals surface area contributed by atoms with E-state index in [9.17, 15) is 4.79 Å². The number of carbonyl (C=O) groups is 1. The van der Waals surface area contributed by atoms with Crippen LogP contribution >= 0.6 is 0 Å². The van der Waals surface area contributed by atoms with Crippen LogP contribution < -0.4 is 5.32 Å². The van der Waals surface area contributed by atoms with Gasteiger partial charge in [0, 0.05) is 6.20 Å². The molecule has 2 N–H and O–H groups in total. The first kappa shape index (κ1) is 15.8. The number of hydrogen-bond donors (Lipinski definition) is 2. The Kier molecular flexibility index (Phi) is 5.37. The molecule has 2 aromatic rings. The van der Waals surface area contributed by atoms with Gasteiger partial charge >= 0.3 is 5.97 Å². The van der Waals surface area contributed by atoms with Crippen molar-refractivity contribution in [3.63, 3.8) is 0 Å². The van der Waals surface area contributed by atoms with Gasteiger partial charge < -0.3 is 15.2 Å². The number of nitrogens with one attached hydrogen (secondary N) is 1. The van der Waals surface area contributed by atoms with Crippen LogP contribution in [0.15, 0.2) is 24.4 Å². The Morgan fingerprint density at radius 2 is 2.09 bits per heavy atom. The fourth-order valence-corrected chi connectivity index (χ4v) is 1.85. The minimum Gasteiger partial charge on any atom is -0.462 e. The smallest absolute Gasteiger partial charge is 0.341 e. The fraction of sp³-hybridized carbons (Fsp3) is 0.333. The highest BCUT2D eigenvalue weighted by Gasteiger charge is 2.12. The van der Waals surface area contributed by atoms with Crippen molar-refractivity contribution in [3.8, 4) is 0 Å². The number of rotatable bonds is 6. The van der Waals surface area contributed by atoms with Crippen molar-refractivity contribution in [1.82, 2.24) is 15.0 Å². The average molecular weight is 302 g/mol. The summed E-state index contributed by atoms with van der Waals surface area (Å²) in [5.74, 6) is -0.0226. The lowest BCUT2D eigenvalue weighted by molar-refractivity contribution is 0.0524. The molecule has 0 fully saturated rings. The number of carbonyl (C=O) groups excluding carboxylic acids is 1. The molecule has 0 atom stereocenters. The third kappa shape index (κ3) is 3.98. The van der Waals surface area contributed by atoms with Gasteiger partial charge in [-0.3, -0.25) is 4.98 Å². The molecule has 0 spiro atoms. The SMILES string of the molecule is CCOC(=O)c1cnc(NCc2cccc(CO)n2)nc1C. The number of hydrogen-bond acceptors (Lipinski definition) is 7. The second-order valence-corrected chi connectivity index (χ2v) is 4.55. The van der Waals surface area contributed by atoms with Gasteiger partial charge in [-0.25, -0.2) is 14.8 Å². The van der Waals surface area contributed by atoms with E-state index in [0.717, 1.165) is 5.69 Å². The number of aliphatic hydroxyl groups excluding tert-OH is 1. The monoisotopic (exact) mass is 302 g/mol. The molecule has 2 heterocycles. The number of ether oxygens (including phenoxy) is 1. The summed E-state index contributed by atoms with van der Waals surface area (Å²) >= 11 is 0. The first-order valence-electron chi connectivity index (χ1n) is 6.94. The van der Waals surface area contributed by atoms with Crippen molar-refractivity contribution in [2.75, 3.05) is 11.9 Å². The molecular formula is C15H18N4O3. The summed E-state index contributed by atoms with van der Waals surface area (Å²) in [7, 11) is 0. The number of esters is 1. The lowest BCUT2D eigenvalue weighted by Gasteiger charge is -2.08. The van der Waals surface area contributed by atoms with Crippen LogP contribution in [0.3, 0.4) is 0 Å². The molecule has 2 aromatic heterocycles. The van der Waals surface area contributed by atoms with Crippen LogP contribution in [0.25, 0.3) is 0 Å². The third-order valence-electron chi connectivity index (χ3n) is 2.93. The molecule has 0 aliphatic heterocycles. The molecule has 0 amide bonds.